The van der Waals surface area contributed by atoms with Gasteiger partial charge in [-0.3, -0.25) is 14.9 Å². The van der Waals surface area contributed by atoms with E-state index in [0.29, 0.717) is 11.5 Å². The van der Waals surface area contributed by atoms with Crippen molar-refractivity contribution in [3.8, 4) is 0 Å². The fraction of sp³-hybridized carbons (Fsp3) is 0.500. The second-order valence-electron chi connectivity index (χ2n) is 5.97. The number of amides is 2. The fourth-order valence-corrected chi connectivity index (χ4v) is 2.83. The van der Waals surface area contributed by atoms with Crippen LogP contribution in [0.3, 0.4) is 0 Å². The molecule has 1 aromatic carbocycles. The summed E-state index contributed by atoms with van der Waals surface area (Å²) in [5.74, 6) is -0.733. The van der Waals surface area contributed by atoms with Crippen LogP contribution in [0.4, 0.5) is 4.39 Å². The smallest absolute Gasteiger partial charge is 0.230 e. The molecule has 4 heteroatoms. The third-order valence-electron chi connectivity index (χ3n) is 3.83. The molecule has 1 N–H and O–H groups in total. The molecule has 0 saturated carbocycles. The summed E-state index contributed by atoms with van der Waals surface area (Å²) in [6.07, 6.45) is 1.01. The lowest BCUT2D eigenvalue weighted by Gasteiger charge is -2.31. The van der Waals surface area contributed by atoms with E-state index < -0.39 is 0 Å². The Morgan fingerprint density at radius 1 is 1.35 bits per heavy atom. The van der Waals surface area contributed by atoms with E-state index in [9.17, 15) is 14.0 Å². The Bertz CT molecular complexity index is 539. The highest BCUT2D eigenvalue weighted by Gasteiger charge is 2.37. The lowest BCUT2D eigenvalue weighted by atomic mass is 9.76. The Kier molecular flexibility index (Phi) is 4.21. The van der Waals surface area contributed by atoms with Crippen LogP contribution in [0.15, 0.2) is 18.2 Å². The van der Waals surface area contributed by atoms with Crippen molar-refractivity contribution in [3.05, 3.63) is 35.1 Å². The number of halogens is 1. The van der Waals surface area contributed by atoms with Crippen LogP contribution in [0, 0.1) is 24.6 Å². The molecule has 1 fully saturated rings. The van der Waals surface area contributed by atoms with Gasteiger partial charge in [0.05, 0.1) is 0 Å². The highest BCUT2D eigenvalue weighted by Crippen LogP contribution is 2.35. The molecule has 108 valence electrons. The van der Waals surface area contributed by atoms with E-state index >= 15 is 0 Å². The normalized spacial score (nSPS) is 23.1. The molecule has 0 aliphatic carbocycles. The molecule has 1 aliphatic heterocycles. The standard InChI is InChI=1S/C16H20FNO2/c1-9(2)6-13-12(8-15(19)18-16(13)20)11-4-5-14(17)10(3)7-11/h4-5,7,9,12-13H,6,8H2,1-3H3,(H,18,19,20). The first-order valence-electron chi connectivity index (χ1n) is 6.98. The summed E-state index contributed by atoms with van der Waals surface area (Å²) in [7, 11) is 0. The Balaban J connectivity index is 2.34. The van der Waals surface area contributed by atoms with Crippen molar-refractivity contribution in [1.82, 2.24) is 5.32 Å². The summed E-state index contributed by atoms with van der Waals surface area (Å²) in [5.41, 5.74) is 1.42. The molecule has 3 nitrogen and oxygen atoms in total. The quantitative estimate of drug-likeness (QED) is 0.863. The van der Waals surface area contributed by atoms with E-state index in [-0.39, 0.29) is 35.9 Å². The van der Waals surface area contributed by atoms with Crippen molar-refractivity contribution in [2.45, 2.75) is 39.5 Å². The van der Waals surface area contributed by atoms with Crippen LogP contribution in [0.2, 0.25) is 0 Å². The van der Waals surface area contributed by atoms with Gasteiger partial charge >= 0.3 is 0 Å². The number of piperidine rings is 1. The van der Waals surface area contributed by atoms with E-state index in [2.05, 4.69) is 19.2 Å². The summed E-state index contributed by atoms with van der Waals surface area (Å²) < 4.78 is 13.4. The molecule has 1 aromatic rings. The van der Waals surface area contributed by atoms with Crippen LogP contribution in [0.5, 0.6) is 0 Å². The molecule has 2 atom stereocenters. The molecule has 20 heavy (non-hydrogen) atoms. The van der Waals surface area contributed by atoms with Crippen molar-refractivity contribution in [3.63, 3.8) is 0 Å². The van der Waals surface area contributed by atoms with Crippen LogP contribution in [0.25, 0.3) is 0 Å². The first kappa shape index (κ1) is 14.7. The number of imide groups is 1. The number of hydrogen-bond acceptors (Lipinski definition) is 2. The molecule has 0 aromatic heterocycles. The second-order valence-corrected chi connectivity index (χ2v) is 5.97. The Morgan fingerprint density at radius 2 is 2.05 bits per heavy atom. The Labute approximate surface area is 118 Å². The van der Waals surface area contributed by atoms with Crippen molar-refractivity contribution >= 4 is 11.8 Å². The number of carbonyl (C=O) groups excluding carboxylic acids is 2. The summed E-state index contributed by atoms with van der Waals surface area (Å²) in [5, 5.41) is 2.41. The van der Waals surface area contributed by atoms with Gasteiger partial charge in [0.25, 0.3) is 0 Å². The highest BCUT2D eigenvalue weighted by molar-refractivity contribution is 5.99. The van der Waals surface area contributed by atoms with E-state index in [0.717, 1.165) is 12.0 Å². The molecule has 0 radical (unpaired) electrons. The van der Waals surface area contributed by atoms with Gasteiger partial charge in [0, 0.05) is 18.3 Å². The van der Waals surface area contributed by atoms with Gasteiger partial charge in [0.1, 0.15) is 5.82 Å². The summed E-state index contributed by atoms with van der Waals surface area (Å²) in [6, 6.07) is 4.85. The van der Waals surface area contributed by atoms with Gasteiger partial charge in [0.15, 0.2) is 0 Å². The van der Waals surface area contributed by atoms with Gasteiger partial charge in [-0.25, -0.2) is 4.39 Å². The van der Waals surface area contributed by atoms with Gasteiger partial charge < -0.3 is 0 Å². The number of rotatable bonds is 3. The van der Waals surface area contributed by atoms with Crippen molar-refractivity contribution in [2.24, 2.45) is 11.8 Å². The predicted molar refractivity (Wildman–Crippen MR) is 74.6 cm³/mol. The fourth-order valence-electron chi connectivity index (χ4n) is 2.83. The summed E-state index contributed by atoms with van der Waals surface area (Å²) >= 11 is 0. The van der Waals surface area contributed by atoms with Crippen LogP contribution < -0.4 is 5.32 Å². The van der Waals surface area contributed by atoms with Crippen molar-refractivity contribution in [2.75, 3.05) is 0 Å². The second kappa shape index (κ2) is 5.73. The molecule has 2 rings (SSSR count). The van der Waals surface area contributed by atoms with Crippen molar-refractivity contribution in [1.29, 1.82) is 0 Å². The maximum Gasteiger partial charge on any atom is 0.230 e. The molecule has 1 saturated heterocycles. The predicted octanol–water partition coefficient (Wildman–Crippen LogP) is 2.93. The average molecular weight is 277 g/mol. The highest BCUT2D eigenvalue weighted by atomic mass is 19.1. The minimum atomic E-state index is -0.263. The largest absolute Gasteiger partial charge is 0.296 e. The third-order valence-corrected chi connectivity index (χ3v) is 3.83. The molecular weight excluding hydrogens is 257 g/mol. The minimum absolute atomic E-state index is 0.155. The molecule has 0 bridgehead atoms. The van der Waals surface area contributed by atoms with Gasteiger partial charge in [-0.2, -0.15) is 0 Å². The number of carbonyl (C=O) groups is 2. The van der Waals surface area contributed by atoms with E-state index in [1.165, 1.54) is 6.07 Å². The zero-order valence-electron chi connectivity index (χ0n) is 12.1. The first-order chi connectivity index (χ1) is 9.38. The van der Waals surface area contributed by atoms with Crippen LogP contribution in [-0.4, -0.2) is 11.8 Å². The molecule has 0 spiro atoms. The van der Waals surface area contributed by atoms with Gasteiger partial charge in [0.2, 0.25) is 11.8 Å². The monoisotopic (exact) mass is 277 g/mol. The van der Waals surface area contributed by atoms with Gasteiger partial charge in [-0.05, 0) is 36.5 Å². The van der Waals surface area contributed by atoms with Crippen LogP contribution in [-0.2, 0) is 9.59 Å². The summed E-state index contributed by atoms with van der Waals surface area (Å²) in [6.45, 7) is 5.80. The van der Waals surface area contributed by atoms with Crippen LogP contribution >= 0.6 is 0 Å². The Morgan fingerprint density at radius 3 is 2.65 bits per heavy atom. The van der Waals surface area contributed by atoms with E-state index in [4.69, 9.17) is 0 Å². The summed E-state index contributed by atoms with van der Waals surface area (Å²) in [4.78, 5) is 23.7. The lowest BCUT2D eigenvalue weighted by molar-refractivity contribution is -0.137. The van der Waals surface area contributed by atoms with E-state index in [1.54, 1.807) is 19.1 Å². The van der Waals surface area contributed by atoms with Crippen molar-refractivity contribution < 1.29 is 14.0 Å². The van der Waals surface area contributed by atoms with E-state index in [1.807, 2.05) is 0 Å². The number of benzene rings is 1. The number of hydrogen-bond donors (Lipinski definition) is 1. The number of aryl methyl sites for hydroxylation is 1. The topological polar surface area (TPSA) is 46.2 Å². The minimum Gasteiger partial charge on any atom is -0.296 e. The maximum atomic E-state index is 13.4. The SMILES string of the molecule is Cc1cc(C2CC(=O)NC(=O)C2CC(C)C)ccc1F. The zero-order chi connectivity index (χ0) is 14.9. The third kappa shape index (κ3) is 3.06. The first-order valence-corrected chi connectivity index (χ1v) is 6.98. The maximum absolute atomic E-state index is 13.4. The lowest BCUT2D eigenvalue weighted by Crippen LogP contribution is -2.45. The molecule has 2 amide bonds. The van der Waals surface area contributed by atoms with Crippen LogP contribution in [0.1, 0.15) is 43.7 Å². The average Bonchev–Trinajstić information content (AvgIpc) is 2.35. The zero-order valence-corrected chi connectivity index (χ0v) is 12.1. The number of nitrogens with one attached hydrogen (secondary N) is 1. The molecular formula is C16H20FNO2. The Hall–Kier alpha value is -1.71. The van der Waals surface area contributed by atoms with Gasteiger partial charge in [-0.15, -0.1) is 0 Å². The molecule has 2 unspecified atom stereocenters. The van der Waals surface area contributed by atoms with Gasteiger partial charge in [-0.1, -0.05) is 26.0 Å². The molecule has 1 aliphatic rings. The molecule has 1 heterocycles.